The maximum absolute atomic E-state index is 12.3. The van der Waals surface area contributed by atoms with Crippen molar-refractivity contribution in [3.8, 4) is 0 Å². The standard InChI is InChI=1S/C13H12BrNO5S/c14-10-5-6-12(9-4-2-1-3-8(9)10)21(19,20)15-11(7-16)13(17)18/h1-6,11,15-16H,7H2,(H,17,18). The fraction of sp³-hybridized carbons (Fsp3) is 0.154. The van der Waals surface area contributed by atoms with E-state index in [1.54, 1.807) is 30.3 Å². The molecule has 2 rings (SSSR count). The number of hydrogen-bond donors (Lipinski definition) is 3. The van der Waals surface area contributed by atoms with Crippen molar-refractivity contribution in [3.63, 3.8) is 0 Å². The molecule has 0 amide bonds. The van der Waals surface area contributed by atoms with E-state index in [-0.39, 0.29) is 4.90 Å². The molecule has 0 aliphatic carbocycles. The van der Waals surface area contributed by atoms with E-state index in [4.69, 9.17) is 10.2 Å². The largest absolute Gasteiger partial charge is 0.480 e. The normalized spacial score (nSPS) is 13.2. The topological polar surface area (TPSA) is 104 Å². The Balaban J connectivity index is 2.56. The van der Waals surface area contributed by atoms with Crippen LogP contribution in [0, 0.1) is 0 Å². The van der Waals surface area contributed by atoms with Crippen molar-refractivity contribution in [3.05, 3.63) is 40.9 Å². The Hall–Kier alpha value is -1.48. The van der Waals surface area contributed by atoms with Crippen LogP contribution >= 0.6 is 15.9 Å². The zero-order chi connectivity index (χ0) is 15.6. The Morgan fingerprint density at radius 3 is 2.38 bits per heavy atom. The van der Waals surface area contributed by atoms with Gasteiger partial charge >= 0.3 is 5.97 Å². The zero-order valence-corrected chi connectivity index (χ0v) is 13.1. The monoisotopic (exact) mass is 373 g/mol. The molecule has 0 radical (unpaired) electrons. The minimum Gasteiger partial charge on any atom is -0.480 e. The highest BCUT2D eigenvalue weighted by Gasteiger charge is 2.26. The van der Waals surface area contributed by atoms with Crippen LogP contribution in [0.1, 0.15) is 0 Å². The third-order valence-corrected chi connectivity index (χ3v) is 5.12. The number of fused-ring (bicyclic) bond motifs is 1. The van der Waals surface area contributed by atoms with Gasteiger partial charge in [0.05, 0.1) is 11.5 Å². The Labute approximate surface area is 129 Å². The second kappa shape index (κ2) is 6.10. The molecule has 21 heavy (non-hydrogen) atoms. The van der Waals surface area contributed by atoms with Gasteiger partial charge in [-0.3, -0.25) is 4.79 Å². The minimum absolute atomic E-state index is 0.0407. The van der Waals surface area contributed by atoms with Gasteiger partial charge in [-0.1, -0.05) is 40.2 Å². The van der Waals surface area contributed by atoms with Crippen LogP contribution in [0.2, 0.25) is 0 Å². The quantitative estimate of drug-likeness (QED) is 0.733. The molecule has 0 aromatic heterocycles. The maximum Gasteiger partial charge on any atom is 0.324 e. The number of carboxylic acid groups (broad SMARTS) is 1. The molecule has 1 unspecified atom stereocenters. The van der Waals surface area contributed by atoms with Crippen molar-refractivity contribution >= 4 is 42.7 Å². The lowest BCUT2D eigenvalue weighted by Crippen LogP contribution is -2.43. The predicted molar refractivity (Wildman–Crippen MR) is 80.5 cm³/mol. The number of aliphatic hydroxyl groups is 1. The average molecular weight is 374 g/mol. The van der Waals surface area contributed by atoms with Gasteiger partial charge in [0.25, 0.3) is 0 Å². The second-order valence-corrected chi connectivity index (χ2v) is 6.82. The van der Waals surface area contributed by atoms with Crippen LogP contribution in [0.5, 0.6) is 0 Å². The molecule has 0 fully saturated rings. The van der Waals surface area contributed by atoms with Gasteiger partial charge in [-0.2, -0.15) is 4.72 Å². The van der Waals surface area contributed by atoms with E-state index in [2.05, 4.69) is 15.9 Å². The molecule has 0 aliphatic rings. The molecule has 0 spiro atoms. The zero-order valence-electron chi connectivity index (χ0n) is 10.7. The first-order valence-corrected chi connectivity index (χ1v) is 8.17. The molecule has 8 heteroatoms. The summed E-state index contributed by atoms with van der Waals surface area (Å²) in [5, 5.41) is 18.9. The van der Waals surface area contributed by atoms with Crippen molar-refractivity contribution in [2.24, 2.45) is 0 Å². The maximum atomic E-state index is 12.3. The van der Waals surface area contributed by atoms with Crippen LogP contribution in [-0.2, 0) is 14.8 Å². The van der Waals surface area contributed by atoms with Gasteiger partial charge in [0, 0.05) is 9.86 Å². The van der Waals surface area contributed by atoms with Gasteiger partial charge in [-0.25, -0.2) is 8.42 Å². The van der Waals surface area contributed by atoms with Crippen molar-refractivity contribution < 1.29 is 23.4 Å². The summed E-state index contributed by atoms with van der Waals surface area (Å²) in [6.07, 6.45) is 0. The number of carboxylic acids is 1. The summed E-state index contributed by atoms with van der Waals surface area (Å²) in [5.41, 5.74) is 0. The number of aliphatic carboxylic acids is 1. The van der Waals surface area contributed by atoms with Crippen molar-refractivity contribution in [1.29, 1.82) is 0 Å². The smallest absolute Gasteiger partial charge is 0.324 e. The lowest BCUT2D eigenvalue weighted by Gasteiger charge is -2.14. The van der Waals surface area contributed by atoms with E-state index >= 15 is 0 Å². The van der Waals surface area contributed by atoms with E-state index in [9.17, 15) is 13.2 Å². The Bertz CT molecular complexity index is 790. The van der Waals surface area contributed by atoms with E-state index < -0.39 is 28.6 Å². The Morgan fingerprint density at radius 1 is 1.19 bits per heavy atom. The molecule has 0 heterocycles. The molecular weight excluding hydrogens is 362 g/mol. The molecule has 3 N–H and O–H groups in total. The molecule has 0 aliphatic heterocycles. The van der Waals surface area contributed by atoms with Crippen LogP contribution < -0.4 is 4.72 Å². The lowest BCUT2D eigenvalue weighted by atomic mass is 10.1. The van der Waals surface area contributed by atoms with Crippen LogP contribution in [0.25, 0.3) is 10.8 Å². The molecule has 6 nitrogen and oxygen atoms in total. The van der Waals surface area contributed by atoms with Crippen LogP contribution in [0.15, 0.2) is 45.8 Å². The van der Waals surface area contributed by atoms with E-state index in [1.807, 2.05) is 4.72 Å². The minimum atomic E-state index is -4.07. The number of rotatable bonds is 5. The van der Waals surface area contributed by atoms with Crippen molar-refractivity contribution in [2.75, 3.05) is 6.61 Å². The summed E-state index contributed by atoms with van der Waals surface area (Å²) >= 11 is 3.34. The Kier molecular flexibility index (Phi) is 4.62. The molecule has 112 valence electrons. The first-order valence-electron chi connectivity index (χ1n) is 5.90. The molecular formula is C13H12BrNO5S. The highest BCUT2D eigenvalue weighted by molar-refractivity contribution is 9.10. The predicted octanol–water partition coefficient (Wildman–Crippen LogP) is 1.33. The fourth-order valence-corrected chi connectivity index (χ4v) is 3.76. The number of halogens is 1. The van der Waals surface area contributed by atoms with Crippen molar-refractivity contribution in [2.45, 2.75) is 10.9 Å². The number of carbonyl (C=O) groups is 1. The van der Waals surface area contributed by atoms with Gasteiger partial charge in [-0.05, 0) is 17.5 Å². The van der Waals surface area contributed by atoms with Gasteiger partial charge in [0.15, 0.2) is 0 Å². The van der Waals surface area contributed by atoms with Gasteiger partial charge in [0.1, 0.15) is 6.04 Å². The van der Waals surface area contributed by atoms with Gasteiger partial charge in [-0.15, -0.1) is 0 Å². The third kappa shape index (κ3) is 3.24. The Morgan fingerprint density at radius 2 is 1.81 bits per heavy atom. The molecule has 1 atom stereocenters. The van der Waals surface area contributed by atoms with E-state index in [1.165, 1.54) is 6.07 Å². The molecule has 0 bridgehead atoms. The average Bonchev–Trinajstić information content (AvgIpc) is 2.45. The van der Waals surface area contributed by atoms with E-state index in [0.29, 0.717) is 10.8 Å². The van der Waals surface area contributed by atoms with Crippen LogP contribution in [0.4, 0.5) is 0 Å². The van der Waals surface area contributed by atoms with Gasteiger partial charge in [0.2, 0.25) is 10.0 Å². The summed E-state index contributed by atoms with van der Waals surface area (Å²) in [5.74, 6) is -1.44. The van der Waals surface area contributed by atoms with Gasteiger partial charge < -0.3 is 10.2 Å². The summed E-state index contributed by atoms with van der Waals surface area (Å²) in [4.78, 5) is 10.8. The second-order valence-electron chi connectivity index (χ2n) is 4.29. The SMILES string of the molecule is O=C(O)C(CO)NS(=O)(=O)c1ccc(Br)c2ccccc12. The third-order valence-electron chi connectivity index (χ3n) is 2.90. The first-order chi connectivity index (χ1) is 9.86. The number of benzene rings is 2. The highest BCUT2D eigenvalue weighted by Crippen LogP contribution is 2.29. The number of hydrogen-bond acceptors (Lipinski definition) is 4. The van der Waals surface area contributed by atoms with E-state index in [0.717, 1.165) is 4.47 Å². The first kappa shape index (κ1) is 15.9. The molecule has 0 saturated carbocycles. The molecule has 2 aromatic rings. The lowest BCUT2D eigenvalue weighted by molar-refractivity contribution is -0.139. The summed E-state index contributed by atoms with van der Waals surface area (Å²) in [6.45, 7) is -0.830. The summed E-state index contributed by atoms with van der Waals surface area (Å²) < 4.78 is 27.4. The number of aliphatic hydroxyl groups excluding tert-OH is 1. The highest BCUT2D eigenvalue weighted by atomic mass is 79.9. The number of sulfonamides is 1. The summed E-state index contributed by atoms with van der Waals surface area (Å²) in [7, 11) is -4.07. The fourth-order valence-electron chi connectivity index (χ4n) is 1.89. The number of nitrogens with one attached hydrogen (secondary N) is 1. The van der Waals surface area contributed by atoms with Crippen LogP contribution in [-0.4, -0.2) is 37.2 Å². The summed E-state index contributed by atoms with van der Waals surface area (Å²) in [6, 6.07) is 8.20. The van der Waals surface area contributed by atoms with Crippen molar-refractivity contribution in [1.82, 2.24) is 4.72 Å². The van der Waals surface area contributed by atoms with Crippen LogP contribution in [0.3, 0.4) is 0 Å². The molecule has 0 saturated heterocycles. The molecule has 2 aromatic carbocycles.